The fraction of sp³-hybridized carbons (Fsp3) is 0.500. The Bertz CT molecular complexity index is 74.1. The second-order valence-electron chi connectivity index (χ2n) is 0.750. The molecule has 0 radical (unpaired) electrons. The normalized spacial score (nSPS) is 9.14. The Balaban J connectivity index is 3.13. The van der Waals surface area contributed by atoms with Crippen LogP contribution in [0.3, 0.4) is 0 Å². The third kappa shape index (κ3) is 6.89. The zero-order chi connectivity index (χ0) is 5.86. The van der Waals surface area contributed by atoms with Crippen molar-refractivity contribution in [3.63, 3.8) is 0 Å². The molecule has 0 aromatic heterocycles. The molecule has 42 valence electrons. The van der Waals surface area contributed by atoms with Crippen LogP contribution in [0.15, 0.2) is 0 Å². The lowest BCUT2D eigenvalue weighted by atomic mass is 11.5. The number of carbonyl (C=O) groups is 1. The Morgan fingerprint density at radius 3 is 2.29 bits per heavy atom. The number of rotatable bonds is 1. The van der Waals surface area contributed by atoms with E-state index in [1.54, 1.807) is 29.6 Å². The van der Waals surface area contributed by atoms with Crippen molar-refractivity contribution in [2.24, 2.45) is 0 Å². The van der Waals surface area contributed by atoms with E-state index in [2.05, 4.69) is 4.84 Å². The summed E-state index contributed by atoms with van der Waals surface area (Å²) >= 11 is 3.39. The molecule has 0 N–H and O–H groups in total. The van der Waals surface area contributed by atoms with Crippen LogP contribution in [0, 0.1) is 0 Å². The fourth-order valence-electron chi connectivity index (χ4n) is 0.0989. The maximum Gasteiger partial charge on any atom is 0.386 e. The van der Waals surface area contributed by atoms with E-state index in [9.17, 15) is 4.79 Å². The first-order chi connectivity index (χ1) is 3.13. The highest BCUT2D eigenvalue weighted by Crippen LogP contribution is 1.99. The first kappa shape index (κ1) is 7.89. The SMILES string of the molecule is CN(I)OC(=O)I. The Hall–Kier alpha value is 0.890. The third-order valence-corrected chi connectivity index (χ3v) is 0.591. The third-order valence-electron chi connectivity index (χ3n) is 0.198. The summed E-state index contributed by atoms with van der Waals surface area (Å²) in [5.41, 5.74) is 0. The van der Waals surface area contributed by atoms with Crippen LogP contribution >= 0.6 is 45.5 Å². The second-order valence-corrected chi connectivity index (χ2v) is 2.99. The quantitative estimate of drug-likeness (QED) is 0.318. The molecule has 7 heavy (non-hydrogen) atoms. The van der Waals surface area contributed by atoms with Crippen LogP contribution in [0.5, 0.6) is 0 Å². The standard InChI is InChI=1S/C2H3I2NO2/c1-5(4)7-2(3)6/h1H3. The summed E-state index contributed by atoms with van der Waals surface area (Å²) in [5, 5.41) is 0. The van der Waals surface area contributed by atoms with Crippen molar-refractivity contribution in [3.8, 4) is 0 Å². The average molecular weight is 327 g/mol. The van der Waals surface area contributed by atoms with Gasteiger partial charge in [-0.1, -0.05) is 3.28 Å². The van der Waals surface area contributed by atoms with E-state index in [1.165, 1.54) is 3.28 Å². The van der Waals surface area contributed by atoms with Crippen molar-refractivity contribution in [2.75, 3.05) is 7.05 Å². The molecule has 0 heterocycles. The van der Waals surface area contributed by atoms with E-state index in [1.807, 2.05) is 22.9 Å². The molecule has 0 bridgehead atoms. The molecule has 3 nitrogen and oxygen atoms in total. The number of carbonyl (C=O) groups excluding carboxylic acids is 1. The maximum atomic E-state index is 9.97. The van der Waals surface area contributed by atoms with Gasteiger partial charge in [-0.2, -0.15) is 0 Å². The lowest BCUT2D eigenvalue weighted by molar-refractivity contribution is 0.0506. The van der Waals surface area contributed by atoms with E-state index >= 15 is 0 Å². The average Bonchev–Trinajstić information content (AvgIpc) is 1.27. The van der Waals surface area contributed by atoms with Crippen molar-refractivity contribution in [2.45, 2.75) is 0 Å². The molecular formula is C2H3I2NO2. The molecule has 0 atom stereocenters. The zero-order valence-corrected chi connectivity index (χ0v) is 7.83. The lowest BCUT2D eigenvalue weighted by Gasteiger charge is -2.01. The predicted octanol–water partition coefficient (Wildman–Crippen LogP) is 1.75. The molecule has 0 rings (SSSR count). The topological polar surface area (TPSA) is 29.5 Å². The van der Waals surface area contributed by atoms with Gasteiger partial charge in [0.15, 0.2) is 0 Å². The van der Waals surface area contributed by atoms with Crippen molar-refractivity contribution in [3.05, 3.63) is 0 Å². The minimum atomic E-state index is -0.325. The van der Waals surface area contributed by atoms with Crippen LogP contribution in [0.4, 0.5) is 4.79 Å². The van der Waals surface area contributed by atoms with Gasteiger partial charge in [0.2, 0.25) is 0 Å². The smallest absolute Gasteiger partial charge is 0.350 e. The van der Waals surface area contributed by atoms with Crippen LogP contribution in [-0.2, 0) is 4.84 Å². The van der Waals surface area contributed by atoms with Gasteiger partial charge in [0, 0.05) is 7.05 Å². The van der Waals surface area contributed by atoms with Crippen LogP contribution in [-0.4, -0.2) is 14.3 Å². The zero-order valence-electron chi connectivity index (χ0n) is 3.52. The first-order valence-electron chi connectivity index (χ1n) is 1.40. The van der Waals surface area contributed by atoms with E-state index in [-0.39, 0.29) is 3.98 Å². The van der Waals surface area contributed by atoms with Gasteiger partial charge in [-0.25, -0.2) is 4.79 Å². The van der Waals surface area contributed by atoms with Gasteiger partial charge in [0.05, 0.1) is 45.5 Å². The number of hydrogen-bond acceptors (Lipinski definition) is 3. The molecule has 0 saturated carbocycles. The number of hydrogen-bond donors (Lipinski definition) is 0. The highest BCUT2D eigenvalue weighted by molar-refractivity contribution is 14.1. The van der Waals surface area contributed by atoms with E-state index in [0.717, 1.165) is 0 Å². The second kappa shape index (κ2) is 3.84. The van der Waals surface area contributed by atoms with E-state index < -0.39 is 0 Å². The largest absolute Gasteiger partial charge is 0.386 e. The van der Waals surface area contributed by atoms with Gasteiger partial charge in [0.25, 0.3) is 0 Å². The Kier molecular flexibility index (Phi) is 4.33. The highest BCUT2D eigenvalue weighted by Gasteiger charge is 1.94. The van der Waals surface area contributed by atoms with Gasteiger partial charge in [-0.15, -0.1) is 0 Å². The van der Waals surface area contributed by atoms with Crippen molar-refractivity contribution in [1.82, 2.24) is 3.28 Å². The summed E-state index contributed by atoms with van der Waals surface area (Å²) in [7, 11) is 1.64. The fourth-order valence-corrected chi connectivity index (χ4v) is 0.950. The van der Waals surface area contributed by atoms with E-state index in [0.29, 0.717) is 0 Å². The van der Waals surface area contributed by atoms with E-state index in [4.69, 9.17) is 0 Å². The number of halogens is 2. The summed E-state index contributed by atoms with van der Waals surface area (Å²) in [4.78, 5) is 14.4. The molecule has 0 aliphatic carbocycles. The monoisotopic (exact) mass is 327 g/mol. The van der Waals surface area contributed by atoms with Crippen LogP contribution in [0.2, 0.25) is 0 Å². The van der Waals surface area contributed by atoms with Gasteiger partial charge < -0.3 is 4.84 Å². The van der Waals surface area contributed by atoms with Crippen molar-refractivity contribution >= 4 is 49.4 Å². The highest BCUT2D eigenvalue weighted by atomic mass is 127. The summed E-state index contributed by atoms with van der Waals surface area (Å²) in [6, 6.07) is 0. The van der Waals surface area contributed by atoms with Crippen LogP contribution in [0.1, 0.15) is 0 Å². The van der Waals surface area contributed by atoms with Crippen LogP contribution < -0.4 is 0 Å². The molecule has 0 aromatic rings. The first-order valence-corrected chi connectivity index (χ1v) is 3.44. The van der Waals surface area contributed by atoms with Crippen molar-refractivity contribution in [1.29, 1.82) is 0 Å². The lowest BCUT2D eigenvalue weighted by Crippen LogP contribution is -2.05. The van der Waals surface area contributed by atoms with Gasteiger partial charge in [0.1, 0.15) is 0 Å². The molecule has 0 aliphatic rings. The Morgan fingerprint density at radius 1 is 1.86 bits per heavy atom. The molecular weight excluding hydrogens is 324 g/mol. The molecule has 5 heteroatoms. The minimum absolute atomic E-state index is 0.325. The summed E-state index contributed by atoms with van der Waals surface area (Å²) < 4.78 is 0.988. The molecule has 0 saturated heterocycles. The molecule has 0 aliphatic heterocycles. The summed E-state index contributed by atoms with van der Waals surface area (Å²) in [5.74, 6) is 0. The van der Waals surface area contributed by atoms with Gasteiger partial charge in [-0.3, -0.25) is 0 Å². The van der Waals surface area contributed by atoms with Crippen LogP contribution in [0.25, 0.3) is 0 Å². The molecule has 0 spiro atoms. The number of hydroxylamine groups is 1. The Labute approximate surface area is 69.0 Å². The predicted molar refractivity (Wildman–Crippen MR) is 42.3 cm³/mol. The Morgan fingerprint density at radius 2 is 2.29 bits per heavy atom. The molecule has 0 aromatic carbocycles. The minimum Gasteiger partial charge on any atom is -0.350 e. The summed E-state index contributed by atoms with van der Waals surface area (Å²) in [6.07, 6.45) is 0. The molecule has 0 amide bonds. The number of nitrogens with zero attached hydrogens (tertiary/aromatic N) is 1. The molecule has 0 unspecified atom stereocenters. The van der Waals surface area contributed by atoms with Crippen molar-refractivity contribution < 1.29 is 9.63 Å². The maximum absolute atomic E-state index is 9.97. The van der Waals surface area contributed by atoms with Gasteiger partial charge in [-0.05, 0) is 0 Å². The van der Waals surface area contributed by atoms with Gasteiger partial charge >= 0.3 is 3.98 Å². The molecule has 0 fully saturated rings. The summed E-state index contributed by atoms with van der Waals surface area (Å²) in [6.45, 7) is 0.